The second kappa shape index (κ2) is 4.33. The van der Waals surface area contributed by atoms with Gasteiger partial charge in [0, 0.05) is 17.2 Å². The Hall–Kier alpha value is -2.04. The Morgan fingerprint density at radius 1 is 1.06 bits per heavy atom. The van der Waals surface area contributed by atoms with Gasteiger partial charge in [0.1, 0.15) is 0 Å². The van der Waals surface area contributed by atoms with Crippen LogP contribution < -0.4 is 4.73 Å². The molecule has 0 aliphatic carbocycles. The average molecular weight is 253 g/mol. The summed E-state index contributed by atoms with van der Waals surface area (Å²) in [6.45, 7) is 1.31. The summed E-state index contributed by atoms with van der Waals surface area (Å²) in [5.74, 6) is 0. The molecule has 0 saturated heterocycles. The Labute approximate surface area is 102 Å². The van der Waals surface area contributed by atoms with Crippen LogP contribution in [0.2, 0.25) is 0 Å². The molecule has 2 nitrogen and oxygen atoms in total. The van der Waals surface area contributed by atoms with E-state index in [4.69, 9.17) is 0 Å². The summed E-state index contributed by atoms with van der Waals surface area (Å²) in [6, 6.07) is 9.11. The van der Waals surface area contributed by atoms with Gasteiger partial charge < -0.3 is 5.21 Å². The zero-order valence-corrected chi connectivity index (χ0v) is 9.53. The van der Waals surface area contributed by atoms with E-state index in [1.807, 2.05) is 0 Å². The lowest BCUT2D eigenvalue weighted by molar-refractivity contribution is -0.594. The molecule has 2 aromatic rings. The van der Waals surface area contributed by atoms with Crippen LogP contribution in [0, 0.1) is 12.1 Å². The van der Waals surface area contributed by atoms with Crippen molar-refractivity contribution in [2.75, 3.05) is 0 Å². The van der Waals surface area contributed by atoms with E-state index in [0.29, 0.717) is 10.3 Å². The molecule has 18 heavy (non-hydrogen) atoms. The summed E-state index contributed by atoms with van der Waals surface area (Å²) in [7, 11) is 0. The van der Waals surface area contributed by atoms with Crippen molar-refractivity contribution < 1.29 is 17.9 Å². The van der Waals surface area contributed by atoms with Crippen LogP contribution in [0.3, 0.4) is 0 Å². The van der Waals surface area contributed by atoms with Crippen LogP contribution in [-0.2, 0) is 6.18 Å². The Morgan fingerprint density at radius 2 is 1.67 bits per heavy atom. The van der Waals surface area contributed by atoms with E-state index in [1.165, 1.54) is 6.92 Å². The number of nitrogens with zero attached hydrogens (tertiary/aromatic N) is 1. The monoisotopic (exact) mass is 253 g/mol. The molecule has 0 spiro atoms. The maximum Gasteiger partial charge on any atom is 0.417 e. The van der Waals surface area contributed by atoms with Gasteiger partial charge in [0.05, 0.1) is 5.56 Å². The standard InChI is InChI=1S/C13H10F3NO/c1-9-11(13(14,15)16)7-8-17(18)12(9)10-5-3-2-4-6-10/h2-8H,1H3. The van der Waals surface area contributed by atoms with Crippen LogP contribution in [-0.4, -0.2) is 0 Å². The van der Waals surface area contributed by atoms with Gasteiger partial charge in [0.2, 0.25) is 5.69 Å². The van der Waals surface area contributed by atoms with Crippen LogP contribution >= 0.6 is 0 Å². The highest BCUT2D eigenvalue weighted by Gasteiger charge is 2.35. The van der Waals surface area contributed by atoms with E-state index in [2.05, 4.69) is 0 Å². The van der Waals surface area contributed by atoms with E-state index in [-0.39, 0.29) is 11.3 Å². The molecule has 1 heterocycles. The summed E-state index contributed by atoms with van der Waals surface area (Å²) in [5, 5.41) is 11.7. The predicted molar refractivity (Wildman–Crippen MR) is 60.6 cm³/mol. The molecule has 0 bridgehead atoms. The average Bonchev–Trinajstić information content (AvgIpc) is 2.28. The summed E-state index contributed by atoms with van der Waals surface area (Å²) < 4.78 is 38.8. The van der Waals surface area contributed by atoms with Crippen LogP contribution in [0.25, 0.3) is 11.3 Å². The largest absolute Gasteiger partial charge is 0.618 e. The van der Waals surface area contributed by atoms with Gasteiger partial charge in [-0.15, -0.1) is 0 Å². The Balaban J connectivity index is 2.68. The minimum Gasteiger partial charge on any atom is -0.618 e. The number of rotatable bonds is 1. The molecule has 94 valence electrons. The molecule has 0 aliphatic heterocycles. The number of pyridine rings is 1. The maximum atomic E-state index is 12.8. The van der Waals surface area contributed by atoms with E-state index in [9.17, 15) is 18.4 Å². The van der Waals surface area contributed by atoms with Gasteiger partial charge in [0.25, 0.3) is 0 Å². The molecule has 0 unspecified atom stereocenters. The van der Waals surface area contributed by atoms with Gasteiger partial charge in [-0.05, 0) is 19.1 Å². The first-order chi connectivity index (χ1) is 8.41. The molecule has 2 rings (SSSR count). The highest BCUT2D eigenvalue weighted by Crippen LogP contribution is 2.34. The highest BCUT2D eigenvalue weighted by molar-refractivity contribution is 5.61. The Bertz CT molecular complexity index is 564. The molecule has 0 N–H and O–H groups in total. The lowest BCUT2D eigenvalue weighted by Crippen LogP contribution is -2.31. The maximum absolute atomic E-state index is 12.8. The third kappa shape index (κ3) is 2.16. The fourth-order valence-corrected chi connectivity index (χ4v) is 1.88. The highest BCUT2D eigenvalue weighted by atomic mass is 19.4. The van der Waals surface area contributed by atoms with Crippen molar-refractivity contribution in [3.63, 3.8) is 0 Å². The quantitative estimate of drug-likeness (QED) is 0.565. The van der Waals surface area contributed by atoms with Crippen LogP contribution in [0.5, 0.6) is 0 Å². The van der Waals surface area contributed by atoms with E-state index in [0.717, 1.165) is 12.3 Å². The molecule has 1 aromatic heterocycles. The normalized spacial score (nSPS) is 11.6. The molecule has 0 amide bonds. The first kappa shape index (κ1) is 12.4. The minimum absolute atomic E-state index is 0.0328. The number of aromatic nitrogens is 1. The van der Waals surface area contributed by atoms with Gasteiger partial charge in [-0.1, -0.05) is 18.2 Å². The molecule has 0 saturated carbocycles. The van der Waals surface area contributed by atoms with Crippen LogP contribution in [0.4, 0.5) is 13.2 Å². The van der Waals surface area contributed by atoms with Gasteiger partial charge in [0.15, 0.2) is 6.20 Å². The lowest BCUT2D eigenvalue weighted by atomic mass is 10.0. The fraction of sp³-hybridized carbons (Fsp3) is 0.154. The molecular weight excluding hydrogens is 243 g/mol. The summed E-state index contributed by atoms with van der Waals surface area (Å²) in [5.41, 5.74) is -0.346. The van der Waals surface area contributed by atoms with E-state index < -0.39 is 11.7 Å². The Kier molecular flexibility index (Phi) is 2.98. The van der Waals surface area contributed by atoms with Gasteiger partial charge in [-0.2, -0.15) is 17.9 Å². The summed E-state index contributed by atoms with van der Waals surface area (Å²) >= 11 is 0. The van der Waals surface area contributed by atoms with Crippen molar-refractivity contribution in [1.29, 1.82) is 0 Å². The first-order valence-electron chi connectivity index (χ1n) is 5.26. The van der Waals surface area contributed by atoms with Crippen LogP contribution in [0.15, 0.2) is 42.6 Å². The molecular formula is C13H10F3NO. The predicted octanol–water partition coefficient (Wildman–Crippen LogP) is 3.31. The third-order valence-corrected chi connectivity index (χ3v) is 2.71. The molecule has 0 fully saturated rings. The van der Waals surface area contributed by atoms with Crippen molar-refractivity contribution >= 4 is 0 Å². The van der Waals surface area contributed by atoms with Crippen molar-refractivity contribution in [3.05, 3.63) is 58.9 Å². The van der Waals surface area contributed by atoms with Gasteiger partial charge >= 0.3 is 6.18 Å². The van der Waals surface area contributed by atoms with Crippen molar-refractivity contribution in [1.82, 2.24) is 0 Å². The fourth-order valence-electron chi connectivity index (χ4n) is 1.88. The third-order valence-electron chi connectivity index (χ3n) is 2.71. The SMILES string of the molecule is Cc1c(C(F)(F)F)cc[n+]([O-])c1-c1ccccc1. The first-order valence-corrected chi connectivity index (χ1v) is 5.26. The molecule has 1 aromatic carbocycles. The number of alkyl halides is 3. The number of halogens is 3. The van der Waals surface area contributed by atoms with Gasteiger partial charge in [-0.25, -0.2) is 0 Å². The minimum atomic E-state index is -4.46. The van der Waals surface area contributed by atoms with Crippen LogP contribution in [0.1, 0.15) is 11.1 Å². The smallest absolute Gasteiger partial charge is 0.417 e. The zero-order valence-electron chi connectivity index (χ0n) is 9.53. The van der Waals surface area contributed by atoms with Gasteiger partial charge in [-0.3, -0.25) is 0 Å². The van der Waals surface area contributed by atoms with Crippen molar-refractivity contribution in [2.24, 2.45) is 0 Å². The van der Waals surface area contributed by atoms with E-state index in [1.54, 1.807) is 30.3 Å². The van der Waals surface area contributed by atoms with Crippen molar-refractivity contribution in [3.8, 4) is 11.3 Å². The molecule has 0 atom stereocenters. The summed E-state index contributed by atoms with van der Waals surface area (Å²) in [6.07, 6.45) is -3.57. The molecule has 5 heteroatoms. The molecule has 0 aliphatic rings. The van der Waals surface area contributed by atoms with Crippen molar-refractivity contribution in [2.45, 2.75) is 13.1 Å². The number of benzene rings is 1. The molecule has 0 radical (unpaired) electrons. The topological polar surface area (TPSA) is 26.9 Å². The number of hydrogen-bond donors (Lipinski definition) is 0. The second-order valence-corrected chi connectivity index (χ2v) is 3.89. The Morgan fingerprint density at radius 3 is 2.22 bits per heavy atom. The second-order valence-electron chi connectivity index (χ2n) is 3.89. The summed E-state index contributed by atoms with van der Waals surface area (Å²) in [4.78, 5) is 0. The van der Waals surface area contributed by atoms with E-state index >= 15 is 0 Å². The lowest BCUT2D eigenvalue weighted by Gasteiger charge is -2.13. The zero-order chi connectivity index (χ0) is 13.3. The number of hydrogen-bond acceptors (Lipinski definition) is 1.